The van der Waals surface area contributed by atoms with E-state index in [0.29, 0.717) is 18.8 Å². The zero-order valence-corrected chi connectivity index (χ0v) is 17.3. The van der Waals surface area contributed by atoms with Gasteiger partial charge in [-0.15, -0.1) is 0 Å². The van der Waals surface area contributed by atoms with Crippen molar-refractivity contribution in [1.82, 2.24) is 30.0 Å². The summed E-state index contributed by atoms with van der Waals surface area (Å²) in [7, 11) is 1.84. The topological polar surface area (TPSA) is 75.9 Å². The van der Waals surface area contributed by atoms with Gasteiger partial charge in [0.1, 0.15) is 11.5 Å². The molecule has 1 amide bonds. The highest BCUT2D eigenvalue weighted by Crippen LogP contribution is 2.25. The molecule has 0 unspecified atom stereocenters. The smallest absolute Gasteiger partial charge is 0.272 e. The van der Waals surface area contributed by atoms with Gasteiger partial charge < -0.3 is 10.2 Å². The molecular formula is C21H30N6O. The lowest BCUT2D eigenvalue weighted by Crippen LogP contribution is -2.38. The molecule has 2 aromatic rings. The summed E-state index contributed by atoms with van der Waals surface area (Å²) in [5.74, 6) is 0.925. The molecule has 0 spiro atoms. The van der Waals surface area contributed by atoms with Crippen molar-refractivity contribution in [3.63, 3.8) is 0 Å². The lowest BCUT2D eigenvalue weighted by Gasteiger charge is -2.29. The van der Waals surface area contributed by atoms with Gasteiger partial charge in [-0.25, -0.2) is 9.97 Å². The molecule has 2 aromatic heterocycles. The van der Waals surface area contributed by atoms with Gasteiger partial charge in [-0.1, -0.05) is 27.2 Å². The third-order valence-electron chi connectivity index (χ3n) is 5.73. The van der Waals surface area contributed by atoms with Crippen molar-refractivity contribution >= 4 is 5.91 Å². The molecule has 2 aliphatic rings. The summed E-state index contributed by atoms with van der Waals surface area (Å²) < 4.78 is 1.70. The minimum atomic E-state index is -0.0812. The molecule has 2 aliphatic heterocycles. The highest BCUT2D eigenvalue weighted by atomic mass is 16.2. The summed E-state index contributed by atoms with van der Waals surface area (Å²) in [5, 5.41) is 8.06. The standard InChI is InChI=1S/C21H30N6O/c1-21(2,3)18-11-17(26(4)25-18)20(28)27-10-8-15-14(13-27)12-23-19(24-15)16-7-5-6-9-22-16/h11-12,16,22H,5-10,13H2,1-4H3/t16-/m1/s1. The summed E-state index contributed by atoms with van der Waals surface area (Å²) in [4.78, 5) is 24.4. The van der Waals surface area contributed by atoms with E-state index in [-0.39, 0.29) is 17.4 Å². The maximum atomic E-state index is 13.1. The molecule has 7 nitrogen and oxygen atoms in total. The molecular weight excluding hydrogens is 352 g/mol. The first-order chi connectivity index (χ1) is 13.3. The van der Waals surface area contributed by atoms with Gasteiger partial charge in [-0.2, -0.15) is 5.10 Å². The second-order valence-corrected chi connectivity index (χ2v) is 8.97. The van der Waals surface area contributed by atoms with Crippen LogP contribution >= 0.6 is 0 Å². The van der Waals surface area contributed by atoms with Gasteiger partial charge >= 0.3 is 0 Å². The Morgan fingerprint density at radius 2 is 2.11 bits per heavy atom. The van der Waals surface area contributed by atoms with Crippen molar-refractivity contribution in [2.45, 2.75) is 64.5 Å². The van der Waals surface area contributed by atoms with Gasteiger partial charge in [0.05, 0.1) is 17.4 Å². The van der Waals surface area contributed by atoms with Crippen LogP contribution in [0.25, 0.3) is 0 Å². The molecule has 1 saturated heterocycles. The number of aromatic nitrogens is 4. The van der Waals surface area contributed by atoms with E-state index in [4.69, 9.17) is 4.98 Å². The SMILES string of the molecule is Cn1nc(C(C)(C)C)cc1C(=O)N1CCc2nc([C@H]3CCCCN3)ncc2C1. The van der Waals surface area contributed by atoms with E-state index < -0.39 is 0 Å². The van der Waals surface area contributed by atoms with Crippen molar-refractivity contribution in [2.24, 2.45) is 7.05 Å². The van der Waals surface area contributed by atoms with Crippen molar-refractivity contribution in [2.75, 3.05) is 13.1 Å². The van der Waals surface area contributed by atoms with Crippen LogP contribution in [0.2, 0.25) is 0 Å². The molecule has 0 aliphatic carbocycles. The van der Waals surface area contributed by atoms with E-state index >= 15 is 0 Å². The van der Waals surface area contributed by atoms with E-state index in [1.807, 2.05) is 24.2 Å². The fourth-order valence-corrected chi connectivity index (χ4v) is 3.94. The van der Waals surface area contributed by atoms with Gasteiger partial charge in [0.2, 0.25) is 0 Å². The largest absolute Gasteiger partial charge is 0.332 e. The lowest BCUT2D eigenvalue weighted by atomic mass is 9.92. The molecule has 28 heavy (non-hydrogen) atoms. The Bertz CT molecular complexity index is 876. The Hall–Kier alpha value is -2.28. The van der Waals surface area contributed by atoms with E-state index in [2.05, 4.69) is 36.2 Å². The Balaban J connectivity index is 1.51. The van der Waals surface area contributed by atoms with Crippen molar-refractivity contribution in [3.8, 4) is 0 Å². The minimum absolute atomic E-state index is 0.0224. The molecule has 0 radical (unpaired) electrons. The van der Waals surface area contributed by atoms with Gasteiger partial charge in [-0.05, 0) is 25.5 Å². The number of nitrogens with one attached hydrogen (secondary N) is 1. The number of rotatable bonds is 2. The first kappa shape index (κ1) is 19.1. The number of piperidine rings is 1. The van der Waals surface area contributed by atoms with Crippen molar-refractivity contribution < 1.29 is 4.79 Å². The number of amides is 1. The van der Waals surface area contributed by atoms with Crippen LogP contribution in [0.4, 0.5) is 0 Å². The Kier molecular flexibility index (Phi) is 4.95. The number of hydrogen-bond acceptors (Lipinski definition) is 5. The number of hydrogen-bond donors (Lipinski definition) is 1. The van der Waals surface area contributed by atoms with Crippen molar-refractivity contribution in [1.29, 1.82) is 0 Å². The molecule has 1 N–H and O–H groups in total. The van der Waals surface area contributed by atoms with Gasteiger partial charge in [0.15, 0.2) is 0 Å². The fourth-order valence-electron chi connectivity index (χ4n) is 3.94. The average molecular weight is 383 g/mol. The van der Waals surface area contributed by atoms with Crippen LogP contribution in [0.15, 0.2) is 12.3 Å². The van der Waals surface area contributed by atoms with Gasteiger partial charge in [0.25, 0.3) is 5.91 Å². The van der Waals surface area contributed by atoms with Crippen LogP contribution in [-0.4, -0.2) is 43.6 Å². The van der Waals surface area contributed by atoms with E-state index in [1.165, 1.54) is 12.8 Å². The van der Waals surface area contributed by atoms with Crippen LogP contribution in [0.5, 0.6) is 0 Å². The second kappa shape index (κ2) is 7.28. The third-order valence-corrected chi connectivity index (χ3v) is 5.73. The molecule has 7 heteroatoms. The summed E-state index contributed by atoms with van der Waals surface area (Å²) in [6.07, 6.45) is 6.23. The maximum Gasteiger partial charge on any atom is 0.272 e. The molecule has 150 valence electrons. The van der Waals surface area contributed by atoms with Crippen LogP contribution in [0.1, 0.15) is 79.3 Å². The summed E-state index contributed by atoms with van der Waals surface area (Å²) in [5.41, 5.74) is 3.63. The summed E-state index contributed by atoms with van der Waals surface area (Å²) >= 11 is 0. The lowest BCUT2D eigenvalue weighted by molar-refractivity contribution is 0.0722. The van der Waals surface area contributed by atoms with Crippen LogP contribution in [0, 0.1) is 0 Å². The highest BCUT2D eigenvalue weighted by molar-refractivity contribution is 5.92. The predicted molar refractivity (Wildman–Crippen MR) is 107 cm³/mol. The first-order valence-electron chi connectivity index (χ1n) is 10.2. The third kappa shape index (κ3) is 3.68. The number of fused-ring (bicyclic) bond motifs is 1. The van der Waals surface area contributed by atoms with E-state index in [1.54, 1.807) is 4.68 Å². The molecule has 0 bridgehead atoms. The number of carbonyl (C=O) groups is 1. The maximum absolute atomic E-state index is 13.1. The van der Waals surface area contributed by atoms with Gasteiger partial charge in [0, 0.05) is 43.7 Å². The highest BCUT2D eigenvalue weighted by Gasteiger charge is 2.28. The van der Waals surface area contributed by atoms with Crippen LogP contribution in [-0.2, 0) is 25.4 Å². The quantitative estimate of drug-likeness (QED) is 0.864. The monoisotopic (exact) mass is 382 g/mol. The van der Waals surface area contributed by atoms with E-state index in [0.717, 1.165) is 42.2 Å². The normalized spacial score (nSPS) is 20.1. The number of carbonyl (C=O) groups excluding carboxylic acids is 1. The first-order valence-corrected chi connectivity index (χ1v) is 10.2. The minimum Gasteiger partial charge on any atom is -0.332 e. The summed E-state index contributed by atoms with van der Waals surface area (Å²) in [6.45, 7) is 8.60. The van der Waals surface area contributed by atoms with Crippen molar-refractivity contribution in [3.05, 3.63) is 40.7 Å². The second-order valence-electron chi connectivity index (χ2n) is 8.97. The van der Waals surface area contributed by atoms with Gasteiger partial charge in [-0.3, -0.25) is 9.48 Å². The zero-order valence-electron chi connectivity index (χ0n) is 17.3. The number of nitrogens with zero attached hydrogens (tertiary/aromatic N) is 5. The fraction of sp³-hybridized carbons (Fsp3) is 0.619. The molecule has 1 fully saturated rings. The zero-order chi connectivity index (χ0) is 19.9. The molecule has 1 atom stereocenters. The molecule has 4 rings (SSSR count). The molecule has 0 saturated carbocycles. The Labute approximate surface area is 166 Å². The molecule has 0 aromatic carbocycles. The number of aryl methyl sites for hydroxylation is 1. The average Bonchev–Trinajstić information content (AvgIpc) is 3.09. The predicted octanol–water partition coefficient (Wildman–Crippen LogP) is 2.52. The van der Waals surface area contributed by atoms with Crippen LogP contribution < -0.4 is 5.32 Å². The Morgan fingerprint density at radius 3 is 2.79 bits per heavy atom. The van der Waals surface area contributed by atoms with E-state index in [9.17, 15) is 4.79 Å². The summed E-state index contributed by atoms with van der Waals surface area (Å²) in [6, 6.07) is 2.19. The Morgan fingerprint density at radius 1 is 1.29 bits per heavy atom. The van der Waals surface area contributed by atoms with Crippen LogP contribution in [0.3, 0.4) is 0 Å². The molecule has 4 heterocycles.